The number of hydrogen-bond acceptors (Lipinski definition) is 4. The van der Waals surface area contributed by atoms with Crippen molar-refractivity contribution < 1.29 is 9.53 Å². The van der Waals surface area contributed by atoms with Gasteiger partial charge in [-0.05, 0) is 80.7 Å². The molecule has 1 aliphatic heterocycles. The Morgan fingerprint density at radius 2 is 1.74 bits per heavy atom. The summed E-state index contributed by atoms with van der Waals surface area (Å²) in [6, 6.07) is 23.2. The van der Waals surface area contributed by atoms with Crippen LogP contribution in [0.5, 0.6) is 5.75 Å². The summed E-state index contributed by atoms with van der Waals surface area (Å²) in [5, 5.41) is 4.05. The fourth-order valence-electron chi connectivity index (χ4n) is 4.45. The molecule has 0 spiro atoms. The maximum Gasteiger partial charge on any atom is 0.226 e. The number of pyridine rings is 1. The molecule has 1 fully saturated rings. The standard InChI is InChI=1S/C28H32ClN3O2/c29-24-13-11-22(12-14-24)27(26-10-4-5-17-31-26)32(28(33)23-15-18-30-19-16-23)20-6-7-21-34-25-8-2-1-3-9-25/h1-5,8-14,17,23,27,30H,6-7,15-16,18-21H2/t27-/m1/s1. The second kappa shape index (κ2) is 12.5. The number of nitrogens with one attached hydrogen (secondary N) is 1. The number of rotatable bonds is 10. The SMILES string of the molecule is O=C(C1CCNCC1)N(CCCCOc1ccccc1)[C@H](c1ccc(Cl)cc1)c1ccccn1. The summed E-state index contributed by atoms with van der Waals surface area (Å²) in [7, 11) is 0. The summed E-state index contributed by atoms with van der Waals surface area (Å²) in [4.78, 5) is 20.5. The first-order valence-electron chi connectivity index (χ1n) is 12.1. The molecule has 0 aliphatic carbocycles. The number of ether oxygens (including phenoxy) is 1. The minimum Gasteiger partial charge on any atom is -0.494 e. The van der Waals surface area contributed by atoms with E-state index in [1.54, 1.807) is 6.20 Å². The van der Waals surface area contributed by atoms with Gasteiger partial charge in [0.05, 0.1) is 18.3 Å². The van der Waals surface area contributed by atoms with E-state index in [0.717, 1.165) is 55.8 Å². The van der Waals surface area contributed by atoms with Crippen LogP contribution in [0.25, 0.3) is 0 Å². The molecular weight excluding hydrogens is 446 g/mol. The highest BCUT2D eigenvalue weighted by molar-refractivity contribution is 6.30. The van der Waals surface area contributed by atoms with Gasteiger partial charge in [-0.3, -0.25) is 9.78 Å². The Bertz CT molecular complexity index is 1010. The van der Waals surface area contributed by atoms with Crippen molar-refractivity contribution in [3.8, 4) is 5.75 Å². The topological polar surface area (TPSA) is 54.5 Å². The van der Waals surface area contributed by atoms with Gasteiger partial charge in [0.25, 0.3) is 0 Å². The lowest BCUT2D eigenvalue weighted by molar-refractivity contribution is -0.138. The molecule has 34 heavy (non-hydrogen) atoms. The minimum atomic E-state index is -0.254. The Morgan fingerprint density at radius 3 is 2.44 bits per heavy atom. The summed E-state index contributed by atoms with van der Waals surface area (Å²) in [6.07, 6.45) is 5.23. The fraction of sp³-hybridized carbons (Fsp3) is 0.357. The van der Waals surface area contributed by atoms with Gasteiger partial charge in [-0.1, -0.05) is 48.0 Å². The average Bonchev–Trinajstić information content (AvgIpc) is 2.90. The third kappa shape index (κ3) is 6.58. The van der Waals surface area contributed by atoms with Crippen molar-refractivity contribution in [1.82, 2.24) is 15.2 Å². The lowest BCUT2D eigenvalue weighted by Gasteiger charge is -2.36. The largest absolute Gasteiger partial charge is 0.494 e. The van der Waals surface area contributed by atoms with Crippen LogP contribution in [0.15, 0.2) is 79.0 Å². The second-order valence-corrected chi connectivity index (χ2v) is 9.07. The normalized spacial score (nSPS) is 15.0. The fourth-order valence-corrected chi connectivity index (χ4v) is 4.58. The monoisotopic (exact) mass is 477 g/mol. The van der Waals surface area contributed by atoms with Crippen molar-refractivity contribution in [2.45, 2.75) is 31.7 Å². The Kier molecular flexibility index (Phi) is 8.94. The first kappa shape index (κ1) is 24.2. The molecule has 3 aromatic rings. The van der Waals surface area contributed by atoms with Crippen molar-refractivity contribution in [2.75, 3.05) is 26.2 Å². The zero-order valence-corrected chi connectivity index (χ0v) is 20.2. The number of amides is 1. The average molecular weight is 478 g/mol. The Morgan fingerprint density at radius 1 is 1.00 bits per heavy atom. The van der Waals surface area contributed by atoms with E-state index in [4.69, 9.17) is 16.3 Å². The van der Waals surface area contributed by atoms with Gasteiger partial charge in [0.1, 0.15) is 5.75 Å². The molecule has 0 bridgehead atoms. The molecule has 178 valence electrons. The number of halogens is 1. The summed E-state index contributed by atoms with van der Waals surface area (Å²) >= 11 is 6.18. The predicted molar refractivity (Wildman–Crippen MR) is 136 cm³/mol. The number of benzene rings is 2. The van der Waals surface area contributed by atoms with Gasteiger partial charge in [0.15, 0.2) is 0 Å². The molecule has 1 saturated heterocycles. The van der Waals surface area contributed by atoms with Crippen molar-refractivity contribution in [3.63, 3.8) is 0 Å². The molecule has 1 N–H and O–H groups in total. The van der Waals surface area contributed by atoms with Gasteiger partial charge in [0.2, 0.25) is 5.91 Å². The molecule has 6 heteroatoms. The third-order valence-electron chi connectivity index (χ3n) is 6.24. The van der Waals surface area contributed by atoms with Crippen molar-refractivity contribution in [2.24, 2.45) is 5.92 Å². The number of aromatic nitrogens is 1. The first-order valence-corrected chi connectivity index (χ1v) is 12.5. The summed E-state index contributed by atoms with van der Waals surface area (Å²) in [6.45, 7) is 3.02. The van der Waals surface area contributed by atoms with E-state index in [9.17, 15) is 4.79 Å². The quantitative estimate of drug-likeness (QED) is 0.391. The molecule has 1 atom stereocenters. The predicted octanol–water partition coefficient (Wildman–Crippen LogP) is 5.51. The molecule has 4 rings (SSSR count). The number of nitrogens with zero attached hydrogens (tertiary/aromatic N) is 2. The van der Waals surface area contributed by atoms with E-state index < -0.39 is 0 Å². The van der Waals surface area contributed by atoms with E-state index in [0.29, 0.717) is 18.2 Å². The smallest absolute Gasteiger partial charge is 0.226 e. The zero-order valence-electron chi connectivity index (χ0n) is 19.4. The summed E-state index contributed by atoms with van der Waals surface area (Å²) in [5.74, 6) is 1.11. The molecule has 1 aliphatic rings. The molecular formula is C28H32ClN3O2. The molecule has 0 unspecified atom stereocenters. The maximum atomic E-state index is 13.9. The van der Waals surface area contributed by atoms with Gasteiger partial charge >= 0.3 is 0 Å². The van der Waals surface area contributed by atoms with Gasteiger partial charge in [-0.25, -0.2) is 0 Å². The van der Waals surface area contributed by atoms with E-state index >= 15 is 0 Å². The number of para-hydroxylation sites is 1. The van der Waals surface area contributed by atoms with Crippen LogP contribution in [0, 0.1) is 5.92 Å². The van der Waals surface area contributed by atoms with Crippen molar-refractivity contribution in [3.05, 3.63) is 95.3 Å². The Hall–Kier alpha value is -2.89. The second-order valence-electron chi connectivity index (χ2n) is 8.63. The number of piperidine rings is 1. The lowest BCUT2D eigenvalue weighted by Crippen LogP contribution is -2.43. The molecule has 2 heterocycles. The zero-order chi connectivity index (χ0) is 23.6. The number of carbonyl (C=O) groups is 1. The van der Waals surface area contributed by atoms with Crippen LogP contribution >= 0.6 is 11.6 Å². The number of carbonyl (C=O) groups excluding carboxylic acids is 1. The van der Waals surface area contributed by atoms with Crippen LogP contribution in [0.2, 0.25) is 5.02 Å². The van der Waals surface area contributed by atoms with Gasteiger partial charge in [-0.15, -0.1) is 0 Å². The first-order chi connectivity index (χ1) is 16.7. The van der Waals surface area contributed by atoms with E-state index in [1.807, 2.05) is 77.7 Å². The molecule has 0 saturated carbocycles. The van der Waals surface area contributed by atoms with Gasteiger partial charge in [0, 0.05) is 23.7 Å². The molecule has 1 amide bonds. The van der Waals surface area contributed by atoms with Crippen molar-refractivity contribution >= 4 is 17.5 Å². The molecule has 1 aromatic heterocycles. The minimum absolute atomic E-state index is 0.0281. The Labute approximate surface area is 207 Å². The van der Waals surface area contributed by atoms with Crippen LogP contribution in [-0.4, -0.2) is 42.0 Å². The maximum absolute atomic E-state index is 13.9. The highest BCUT2D eigenvalue weighted by Crippen LogP contribution is 2.31. The summed E-state index contributed by atoms with van der Waals surface area (Å²) < 4.78 is 5.87. The number of unbranched alkanes of at least 4 members (excludes halogenated alkanes) is 1. The van der Waals surface area contributed by atoms with Gasteiger partial charge < -0.3 is 15.0 Å². The van der Waals surface area contributed by atoms with Crippen LogP contribution in [0.3, 0.4) is 0 Å². The van der Waals surface area contributed by atoms with E-state index in [2.05, 4.69) is 10.3 Å². The third-order valence-corrected chi connectivity index (χ3v) is 6.49. The van der Waals surface area contributed by atoms with Crippen molar-refractivity contribution in [1.29, 1.82) is 0 Å². The molecule has 5 nitrogen and oxygen atoms in total. The Balaban J connectivity index is 1.53. The lowest BCUT2D eigenvalue weighted by atomic mass is 9.93. The summed E-state index contributed by atoms with van der Waals surface area (Å²) in [5.41, 5.74) is 1.89. The van der Waals surface area contributed by atoms with Crippen LogP contribution in [0.1, 0.15) is 43.0 Å². The van der Waals surface area contributed by atoms with E-state index in [-0.39, 0.29) is 17.9 Å². The van der Waals surface area contributed by atoms with Crippen LogP contribution < -0.4 is 10.1 Å². The highest BCUT2D eigenvalue weighted by Gasteiger charge is 2.32. The molecule has 2 aromatic carbocycles. The van der Waals surface area contributed by atoms with Crippen LogP contribution in [0.4, 0.5) is 0 Å². The number of hydrogen-bond donors (Lipinski definition) is 1. The van der Waals surface area contributed by atoms with Gasteiger partial charge in [-0.2, -0.15) is 0 Å². The van der Waals surface area contributed by atoms with E-state index in [1.165, 1.54) is 0 Å². The van der Waals surface area contributed by atoms with Crippen LogP contribution in [-0.2, 0) is 4.79 Å². The highest BCUT2D eigenvalue weighted by atomic mass is 35.5. The molecule has 0 radical (unpaired) electrons.